The molecule has 1 amide bonds. The quantitative estimate of drug-likeness (QED) is 0.887. The molecule has 1 atom stereocenters. The molecule has 1 aromatic heterocycles. The summed E-state index contributed by atoms with van der Waals surface area (Å²) in [6.45, 7) is 1.16. The van der Waals surface area contributed by atoms with Gasteiger partial charge >= 0.3 is 0 Å². The minimum atomic E-state index is -0.557. The third kappa shape index (κ3) is 3.73. The van der Waals surface area contributed by atoms with Crippen molar-refractivity contribution >= 4 is 23.3 Å². The number of nitrogens with one attached hydrogen (secondary N) is 2. The molecule has 1 aliphatic rings. The summed E-state index contributed by atoms with van der Waals surface area (Å²) in [5, 5.41) is 3.03. The van der Waals surface area contributed by atoms with Crippen LogP contribution in [-0.2, 0) is 0 Å². The average Bonchev–Trinajstić information content (AvgIpc) is 2.54. The Hall–Kier alpha value is -2.41. The van der Waals surface area contributed by atoms with E-state index in [0.29, 0.717) is 18.9 Å². The summed E-state index contributed by atoms with van der Waals surface area (Å²) in [4.78, 5) is 32.7. The number of aromatic amines is 1. The van der Waals surface area contributed by atoms with Gasteiger partial charge < -0.3 is 15.2 Å². The molecule has 1 saturated heterocycles. The first-order chi connectivity index (χ1) is 11.5. The standard InChI is InChI=1S/C16H16ClFN4O2/c17-11-6-10(7-12(18)8-11)15(23)21-13-2-1-5-22(9-13)14-16(24)20-4-3-19-14/h3-4,6-8,13H,1-2,5,9H2,(H,20,24)(H,21,23). The number of halogens is 2. The summed E-state index contributed by atoms with van der Waals surface area (Å²) < 4.78 is 13.4. The number of carbonyl (C=O) groups excluding carboxylic acids is 1. The molecule has 8 heteroatoms. The zero-order valence-corrected chi connectivity index (χ0v) is 13.5. The van der Waals surface area contributed by atoms with Gasteiger partial charge in [-0.05, 0) is 31.0 Å². The minimum Gasteiger partial charge on any atom is -0.350 e. The Labute approximate surface area is 142 Å². The van der Waals surface area contributed by atoms with Crippen LogP contribution in [0.3, 0.4) is 0 Å². The number of benzene rings is 1. The normalized spacial score (nSPS) is 17.6. The fourth-order valence-electron chi connectivity index (χ4n) is 2.81. The second kappa shape index (κ2) is 7.00. The highest BCUT2D eigenvalue weighted by Crippen LogP contribution is 2.17. The molecule has 0 aliphatic carbocycles. The Bertz CT molecular complexity index is 790. The lowest BCUT2D eigenvalue weighted by Crippen LogP contribution is -2.49. The second-order valence-corrected chi connectivity index (χ2v) is 6.10. The van der Waals surface area contributed by atoms with Gasteiger partial charge in [0.25, 0.3) is 11.5 Å². The van der Waals surface area contributed by atoms with Crippen molar-refractivity contribution < 1.29 is 9.18 Å². The zero-order chi connectivity index (χ0) is 17.1. The third-order valence-electron chi connectivity index (χ3n) is 3.87. The monoisotopic (exact) mass is 350 g/mol. The number of hydrogen-bond donors (Lipinski definition) is 2. The number of nitrogens with zero attached hydrogens (tertiary/aromatic N) is 2. The maximum absolute atomic E-state index is 13.4. The predicted molar refractivity (Wildman–Crippen MR) is 89.0 cm³/mol. The maximum atomic E-state index is 13.4. The first-order valence-corrected chi connectivity index (χ1v) is 7.96. The maximum Gasteiger partial charge on any atom is 0.290 e. The van der Waals surface area contributed by atoms with Crippen LogP contribution >= 0.6 is 11.6 Å². The lowest BCUT2D eigenvalue weighted by molar-refractivity contribution is 0.0932. The topological polar surface area (TPSA) is 78.1 Å². The first-order valence-electron chi connectivity index (χ1n) is 7.58. The van der Waals surface area contributed by atoms with Gasteiger partial charge in [0.15, 0.2) is 5.82 Å². The fourth-order valence-corrected chi connectivity index (χ4v) is 3.03. The molecule has 0 saturated carbocycles. The fraction of sp³-hybridized carbons (Fsp3) is 0.312. The molecule has 1 aromatic carbocycles. The number of hydrogen-bond acceptors (Lipinski definition) is 4. The molecular weight excluding hydrogens is 335 g/mol. The Morgan fingerprint density at radius 3 is 3.00 bits per heavy atom. The van der Waals surface area contributed by atoms with Gasteiger partial charge in [0, 0.05) is 42.1 Å². The van der Waals surface area contributed by atoms with Gasteiger partial charge in [0.2, 0.25) is 0 Å². The molecule has 2 aromatic rings. The van der Waals surface area contributed by atoms with Crippen molar-refractivity contribution in [3.63, 3.8) is 0 Å². The number of H-pyrrole nitrogens is 1. The first kappa shape index (κ1) is 16.4. The number of rotatable bonds is 3. The van der Waals surface area contributed by atoms with Crippen LogP contribution in [-0.4, -0.2) is 35.0 Å². The molecule has 126 valence electrons. The Balaban J connectivity index is 1.70. The molecule has 3 rings (SSSR count). The van der Waals surface area contributed by atoms with Crippen molar-refractivity contribution in [1.29, 1.82) is 0 Å². The van der Waals surface area contributed by atoms with Crippen LogP contribution in [0.4, 0.5) is 10.2 Å². The van der Waals surface area contributed by atoms with E-state index >= 15 is 0 Å². The summed E-state index contributed by atoms with van der Waals surface area (Å²) in [5.74, 6) is -0.610. The Morgan fingerprint density at radius 2 is 2.25 bits per heavy atom. The van der Waals surface area contributed by atoms with Crippen molar-refractivity contribution in [2.75, 3.05) is 18.0 Å². The van der Waals surface area contributed by atoms with Crippen molar-refractivity contribution in [2.45, 2.75) is 18.9 Å². The molecule has 1 aliphatic heterocycles. The molecular formula is C16H16ClFN4O2. The predicted octanol–water partition coefficient (Wildman–Crippen LogP) is 1.96. The van der Waals surface area contributed by atoms with E-state index in [1.165, 1.54) is 18.5 Å². The van der Waals surface area contributed by atoms with Crippen molar-refractivity contribution in [2.24, 2.45) is 0 Å². The van der Waals surface area contributed by atoms with Crippen molar-refractivity contribution in [1.82, 2.24) is 15.3 Å². The van der Waals surface area contributed by atoms with Gasteiger partial charge in [-0.15, -0.1) is 0 Å². The summed E-state index contributed by atoms with van der Waals surface area (Å²) in [6.07, 6.45) is 4.58. The summed E-state index contributed by atoms with van der Waals surface area (Å²) in [5.41, 5.74) is -0.0887. The minimum absolute atomic E-state index is 0.158. The molecule has 1 fully saturated rings. The van der Waals surface area contributed by atoms with Crippen LogP contribution < -0.4 is 15.8 Å². The van der Waals surface area contributed by atoms with E-state index in [1.54, 1.807) is 0 Å². The van der Waals surface area contributed by atoms with Crippen LogP contribution in [0.1, 0.15) is 23.2 Å². The van der Waals surface area contributed by atoms with Gasteiger partial charge in [-0.1, -0.05) is 11.6 Å². The molecule has 1 unspecified atom stereocenters. The van der Waals surface area contributed by atoms with Gasteiger partial charge in [0.1, 0.15) is 5.82 Å². The van der Waals surface area contributed by atoms with Crippen LogP contribution in [0, 0.1) is 5.82 Å². The highest BCUT2D eigenvalue weighted by molar-refractivity contribution is 6.31. The van der Waals surface area contributed by atoms with E-state index < -0.39 is 11.7 Å². The number of aromatic nitrogens is 2. The van der Waals surface area contributed by atoms with Crippen LogP contribution in [0.5, 0.6) is 0 Å². The molecule has 0 spiro atoms. The van der Waals surface area contributed by atoms with Crippen LogP contribution in [0.15, 0.2) is 35.4 Å². The second-order valence-electron chi connectivity index (χ2n) is 5.66. The zero-order valence-electron chi connectivity index (χ0n) is 12.8. The molecule has 0 radical (unpaired) electrons. The average molecular weight is 351 g/mol. The van der Waals surface area contributed by atoms with E-state index in [2.05, 4.69) is 15.3 Å². The SMILES string of the molecule is O=C(NC1CCCN(c2ncc[nH]c2=O)C1)c1cc(F)cc(Cl)c1. The number of piperidine rings is 1. The van der Waals surface area contributed by atoms with Gasteiger partial charge in [0.05, 0.1) is 0 Å². The van der Waals surface area contributed by atoms with Gasteiger partial charge in [-0.2, -0.15) is 0 Å². The molecule has 2 N–H and O–H groups in total. The van der Waals surface area contributed by atoms with E-state index in [4.69, 9.17) is 11.6 Å². The highest BCUT2D eigenvalue weighted by Gasteiger charge is 2.24. The Morgan fingerprint density at radius 1 is 1.42 bits per heavy atom. The smallest absolute Gasteiger partial charge is 0.290 e. The van der Waals surface area contributed by atoms with Crippen molar-refractivity contribution in [3.8, 4) is 0 Å². The molecule has 0 bridgehead atoms. The van der Waals surface area contributed by atoms with Gasteiger partial charge in [-0.3, -0.25) is 9.59 Å². The van der Waals surface area contributed by atoms with E-state index in [-0.39, 0.29) is 22.2 Å². The highest BCUT2D eigenvalue weighted by atomic mass is 35.5. The number of amides is 1. The Kier molecular flexibility index (Phi) is 4.80. The van der Waals surface area contributed by atoms with Crippen LogP contribution in [0.25, 0.3) is 0 Å². The lowest BCUT2D eigenvalue weighted by atomic mass is 10.0. The molecule has 6 nitrogen and oxygen atoms in total. The van der Waals surface area contributed by atoms with E-state index in [0.717, 1.165) is 25.0 Å². The summed E-state index contributed by atoms with van der Waals surface area (Å²) >= 11 is 5.78. The third-order valence-corrected chi connectivity index (χ3v) is 4.09. The largest absolute Gasteiger partial charge is 0.350 e. The van der Waals surface area contributed by atoms with Crippen LogP contribution in [0.2, 0.25) is 5.02 Å². The van der Waals surface area contributed by atoms with E-state index in [1.807, 2.05) is 4.90 Å². The summed E-state index contributed by atoms with van der Waals surface area (Å²) in [7, 11) is 0. The molecule has 2 heterocycles. The van der Waals surface area contributed by atoms with Crippen molar-refractivity contribution in [3.05, 3.63) is 57.3 Å². The lowest BCUT2D eigenvalue weighted by Gasteiger charge is -2.33. The number of anilines is 1. The van der Waals surface area contributed by atoms with E-state index in [9.17, 15) is 14.0 Å². The summed E-state index contributed by atoms with van der Waals surface area (Å²) in [6, 6.07) is 3.55. The van der Waals surface area contributed by atoms with Gasteiger partial charge in [-0.25, -0.2) is 9.37 Å². The molecule has 24 heavy (non-hydrogen) atoms. The number of carbonyl (C=O) groups is 1.